The molecule has 1 aromatic heterocycles. The van der Waals surface area contributed by atoms with E-state index in [9.17, 15) is 9.59 Å². The first-order valence-corrected chi connectivity index (χ1v) is 13.9. The van der Waals surface area contributed by atoms with Crippen LogP contribution in [-0.4, -0.2) is 29.1 Å². The zero-order valence-corrected chi connectivity index (χ0v) is 25.0. The number of nitrogens with zero attached hydrogens (tertiary/aromatic N) is 3. The van der Waals surface area contributed by atoms with Gasteiger partial charge < -0.3 is 25.8 Å². The minimum Gasteiger partial charge on any atom is -0.397 e. The molecule has 0 saturated carbocycles. The summed E-state index contributed by atoms with van der Waals surface area (Å²) in [6.45, 7) is 11.4. The molecule has 0 aliphatic carbocycles. The highest BCUT2D eigenvalue weighted by molar-refractivity contribution is 6.05. The summed E-state index contributed by atoms with van der Waals surface area (Å²) in [7, 11) is 3.70. The smallest absolute Gasteiger partial charge is 0.293 e. The number of hydrogen-bond acceptors (Lipinski definition) is 6. The van der Waals surface area contributed by atoms with Crippen molar-refractivity contribution in [2.24, 2.45) is 7.05 Å². The van der Waals surface area contributed by atoms with Crippen molar-refractivity contribution in [1.82, 2.24) is 9.55 Å². The van der Waals surface area contributed by atoms with Crippen LogP contribution in [-0.2, 0) is 12.5 Å². The Labute approximate surface area is 242 Å². The average Bonchev–Trinajstić information content (AvgIpc) is 2.92. The van der Waals surface area contributed by atoms with Gasteiger partial charge in [0, 0.05) is 49.3 Å². The van der Waals surface area contributed by atoms with Gasteiger partial charge in [0.1, 0.15) is 0 Å². The maximum absolute atomic E-state index is 13.1. The Balaban J connectivity index is 1.61. The third-order valence-corrected chi connectivity index (χ3v) is 7.20. The maximum atomic E-state index is 13.1. The molecule has 4 rings (SSSR count). The van der Waals surface area contributed by atoms with E-state index in [1.54, 1.807) is 13.2 Å². The zero-order valence-electron chi connectivity index (χ0n) is 25.0. The first-order valence-electron chi connectivity index (χ1n) is 13.9. The van der Waals surface area contributed by atoms with Crippen molar-refractivity contribution < 1.29 is 4.79 Å². The molecule has 0 unspecified atom stereocenters. The van der Waals surface area contributed by atoms with Crippen LogP contribution in [0.2, 0.25) is 0 Å². The van der Waals surface area contributed by atoms with Gasteiger partial charge in [-0.1, -0.05) is 52.0 Å². The van der Waals surface area contributed by atoms with Crippen LogP contribution in [0.15, 0.2) is 71.7 Å². The SMILES string of the molecule is CCCN(C)c1ccc(Nc2nc(-c3cccc(NC(=O)c4ccc(C(C)(C)C)cc4)c3C)cn(C)c2=O)cc1N. The second kappa shape index (κ2) is 11.9. The first kappa shape index (κ1) is 29.4. The lowest BCUT2D eigenvalue weighted by molar-refractivity contribution is 0.102. The van der Waals surface area contributed by atoms with Gasteiger partial charge in [-0.05, 0) is 66.3 Å². The monoisotopic (exact) mass is 552 g/mol. The van der Waals surface area contributed by atoms with Crippen molar-refractivity contribution in [1.29, 1.82) is 0 Å². The molecule has 8 heteroatoms. The number of carbonyl (C=O) groups is 1. The van der Waals surface area contributed by atoms with E-state index in [4.69, 9.17) is 5.73 Å². The minimum atomic E-state index is -0.264. The molecular formula is C33H40N6O2. The lowest BCUT2D eigenvalue weighted by Gasteiger charge is -2.21. The summed E-state index contributed by atoms with van der Waals surface area (Å²) in [6.07, 6.45) is 2.71. The predicted molar refractivity (Wildman–Crippen MR) is 170 cm³/mol. The summed E-state index contributed by atoms with van der Waals surface area (Å²) in [6, 6.07) is 19.0. The van der Waals surface area contributed by atoms with Crippen LogP contribution in [0.3, 0.4) is 0 Å². The number of hydrogen-bond donors (Lipinski definition) is 3. The van der Waals surface area contributed by atoms with Crippen LogP contribution in [0, 0.1) is 6.92 Å². The van der Waals surface area contributed by atoms with Crippen molar-refractivity contribution in [3.05, 3.63) is 93.9 Å². The number of nitrogens with one attached hydrogen (secondary N) is 2. The van der Waals surface area contributed by atoms with Gasteiger partial charge in [-0.3, -0.25) is 9.59 Å². The third kappa shape index (κ3) is 6.60. The molecule has 0 aliphatic heterocycles. The molecule has 4 aromatic rings. The van der Waals surface area contributed by atoms with Crippen molar-refractivity contribution in [3.8, 4) is 11.3 Å². The Morgan fingerprint density at radius 2 is 1.78 bits per heavy atom. The third-order valence-electron chi connectivity index (χ3n) is 7.20. The van der Waals surface area contributed by atoms with E-state index in [0.717, 1.165) is 29.8 Å². The zero-order chi connectivity index (χ0) is 29.9. The summed E-state index contributed by atoms with van der Waals surface area (Å²) < 4.78 is 1.50. The second-order valence-electron chi connectivity index (χ2n) is 11.5. The van der Waals surface area contributed by atoms with Gasteiger partial charge in [-0.25, -0.2) is 4.98 Å². The number of nitrogen functional groups attached to an aromatic ring is 1. The Hall–Kier alpha value is -4.59. The Bertz CT molecular complexity index is 1620. The molecule has 8 nitrogen and oxygen atoms in total. The summed E-state index contributed by atoms with van der Waals surface area (Å²) in [5.74, 6) is -0.000979. The van der Waals surface area contributed by atoms with Crippen LogP contribution >= 0.6 is 0 Å². The second-order valence-corrected chi connectivity index (χ2v) is 11.5. The summed E-state index contributed by atoms with van der Waals surface area (Å²) in [5, 5.41) is 6.19. The largest absolute Gasteiger partial charge is 0.397 e. The molecule has 4 N–H and O–H groups in total. The highest BCUT2D eigenvalue weighted by Gasteiger charge is 2.17. The highest BCUT2D eigenvalue weighted by Crippen LogP contribution is 2.30. The number of anilines is 5. The molecule has 41 heavy (non-hydrogen) atoms. The van der Waals surface area contributed by atoms with E-state index in [2.05, 4.69) is 48.2 Å². The number of nitrogens with two attached hydrogens (primary N) is 1. The van der Waals surface area contributed by atoms with Gasteiger partial charge in [0.05, 0.1) is 17.1 Å². The summed E-state index contributed by atoms with van der Waals surface area (Å²) in [5.41, 5.74) is 13.0. The molecule has 0 fully saturated rings. The molecule has 0 radical (unpaired) electrons. The van der Waals surface area contributed by atoms with Gasteiger partial charge in [-0.2, -0.15) is 0 Å². The van der Waals surface area contributed by atoms with E-state index >= 15 is 0 Å². The van der Waals surface area contributed by atoms with Gasteiger partial charge >= 0.3 is 0 Å². The fourth-order valence-corrected chi connectivity index (χ4v) is 4.75. The molecule has 214 valence electrons. The first-order chi connectivity index (χ1) is 19.4. The molecule has 0 bridgehead atoms. The van der Waals surface area contributed by atoms with Crippen molar-refractivity contribution >= 4 is 34.5 Å². The van der Waals surface area contributed by atoms with Crippen LogP contribution in [0.5, 0.6) is 0 Å². The van der Waals surface area contributed by atoms with Gasteiger partial charge in [0.15, 0.2) is 5.82 Å². The molecule has 1 heterocycles. The molecule has 0 saturated heterocycles. The predicted octanol–water partition coefficient (Wildman–Crippen LogP) is 6.48. The lowest BCUT2D eigenvalue weighted by Crippen LogP contribution is -2.22. The van der Waals surface area contributed by atoms with Crippen LogP contribution in [0.25, 0.3) is 11.3 Å². The van der Waals surface area contributed by atoms with Gasteiger partial charge in [0.25, 0.3) is 11.5 Å². The van der Waals surface area contributed by atoms with E-state index in [1.807, 2.05) is 74.6 Å². The van der Waals surface area contributed by atoms with E-state index in [-0.39, 0.29) is 22.7 Å². The molecule has 0 atom stereocenters. The topological polar surface area (TPSA) is 105 Å². The van der Waals surface area contributed by atoms with E-state index in [0.29, 0.717) is 28.3 Å². The summed E-state index contributed by atoms with van der Waals surface area (Å²) >= 11 is 0. The molecule has 3 aromatic carbocycles. The number of rotatable bonds is 8. The fraction of sp³-hybridized carbons (Fsp3) is 0.303. The van der Waals surface area contributed by atoms with E-state index < -0.39 is 0 Å². The van der Waals surface area contributed by atoms with Gasteiger partial charge in [-0.15, -0.1) is 0 Å². The molecule has 1 amide bonds. The van der Waals surface area contributed by atoms with Gasteiger partial charge in [0.2, 0.25) is 0 Å². The number of benzene rings is 3. The normalized spacial score (nSPS) is 11.3. The van der Waals surface area contributed by atoms with Crippen LogP contribution in [0.4, 0.5) is 28.6 Å². The van der Waals surface area contributed by atoms with Crippen molar-refractivity contribution in [2.45, 2.75) is 46.5 Å². The molecular weight excluding hydrogens is 512 g/mol. The molecule has 0 aliphatic rings. The Morgan fingerprint density at radius 1 is 1.07 bits per heavy atom. The maximum Gasteiger partial charge on any atom is 0.293 e. The number of aromatic nitrogens is 2. The lowest BCUT2D eigenvalue weighted by atomic mass is 9.86. The summed E-state index contributed by atoms with van der Waals surface area (Å²) in [4.78, 5) is 32.8. The Kier molecular flexibility index (Phi) is 8.52. The Morgan fingerprint density at radius 3 is 2.41 bits per heavy atom. The fourth-order valence-electron chi connectivity index (χ4n) is 4.75. The number of amides is 1. The van der Waals surface area contributed by atoms with Crippen LogP contribution in [0.1, 0.15) is 55.6 Å². The highest BCUT2D eigenvalue weighted by atomic mass is 16.1. The quantitative estimate of drug-likeness (QED) is 0.216. The minimum absolute atomic E-state index is 0.0117. The van der Waals surface area contributed by atoms with Crippen molar-refractivity contribution in [3.63, 3.8) is 0 Å². The number of carbonyl (C=O) groups excluding carboxylic acids is 1. The average molecular weight is 553 g/mol. The number of aryl methyl sites for hydroxylation is 1. The molecule has 0 spiro atoms. The van der Waals surface area contributed by atoms with Crippen molar-refractivity contribution in [2.75, 3.05) is 34.9 Å². The van der Waals surface area contributed by atoms with E-state index in [1.165, 1.54) is 10.1 Å². The standard InChI is InChI=1S/C33H40N6O2/c1-8-18-38(6)29-17-16-24(19-26(29)34)35-30-32(41)39(7)20-28(36-30)25-10-9-11-27(21(25)2)37-31(40)22-12-14-23(15-13-22)33(3,4)5/h9-17,19-20H,8,18,34H2,1-7H3,(H,35,36)(H,37,40). The van der Waals surface area contributed by atoms with Crippen LogP contribution < -0.4 is 26.8 Å².